The second-order valence-electron chi connectivity index (χ2n) is 5.29. The normalized spacial score (nSPS) is 22.5. The smallest absolute Gasteiger partial charge is 0.268 e. The molecular formula is C14H21N3O2. The highest BCUT2D eigenvalue weighted by atomic mass is 16.2. The third-order valence-electron chi connectivity index (χ3n) is 3.92. The molecule has 0 aromatic carbocycles. The van der Waals surface area contributed by atoms with E-state index < -0.39 is 0 Å². The molecule has 0 saturated heterocycles. The maximum atomic E-state index is 12.2. The van der Waals surface area contributed by atoms with Gasteiger partial charge in [0, 0.05) is 24.8 Å². The summed E-state index contributed by atoms with van der Waals surface area (Å²) in [6.45, 7) is 2.11. The predicted octanol–water partition coefficient (Wildman–Crippen LogP) is 1.08. The zero-order chi connectivity index (χ0) is 14.0. The van der Waals surface area contributed by atoms with Gasteiger partial charge in [0.15, 0.2) is 5.78 Å². The monoisotopic (exact) mass is 263 g/mol. The quantitative estimate of drug-likeness (QED) is 0.798. The van der Waals surface area contributed by atoms with Gasteiger partial charge in [-0.3, -0.25) is 9.59 Å². The average Bonchev–Trinajstić information content (AvgIpc) is 2.95. The molecule has 1 aromatic rings. The molecule has 1 aliphatic carbocycles. The van der Waals surface area contributed by atoms with Gasteiger partial charge < -0.3 is 15.6 Å². The van der Waals surface area contributed by atoms with Crippen LogP contribution in [0.4, 0.5) is 0 Å². The van der Waals surface area contributed by atoms with Gasteiger partial charge in [-0.25, -0.2) is 0 Å². The topological polar surface area (TPSA) is 77.1 Å². The average molecular weight is 263 g/mol. The summed E-state index contributed by atoms with van der Waals surface area (Å²) in [5.41, 5.74) is 6.80. The highest BCUT2D eigenvalue weighted by Crippen LogP contribution is 2.25. The van der Waals surface area contributed by atoms with Crippen molar-refractivity contribution in [1.29, 1.82) is 0 Å². The number of amides is 1. The van der Waals surface area contributed by atoms with Crippen LogP contribution >= 0.6 is 0 Å². The molecule has 1 fully saturated rings. The summed E-state index contributed by atoms with van der Waals surface area (Å²) in [4.78, 5) is 23.5. The molecule has 19 heavy (non-hydrogen) atoms. The number of aromatic nitrogens is 1. The Hall–Kier alpha value is -1.62. The van der Waals surface area contributed by atoms with Crippen LogP contribution in [0, 0.1) is 5.92 Å². The fraction of sp³-hybridized carbons (Fsp3) is 0.571. The maximum absolute atomic E-state index is 12.2. The number of rotatable bonds is 4. The van der Waals surface area contributed by atoms with E-state index in [4.69, 9.17) is 5.73 Å². The highest BCUT2D eigenvalue weighted by molar-refractivity contribution is 5.99. The molecule has 0 bridgehead atoms. The van der Waals surface area contributed by atoms with Gasteiger partial charge >= 0.3 is 0 Å². The van der Waals surface area contributed by atoms with Gasteiger partial charge in [0.1, 0.15) is 5.69 Å². The summed E-state index contributed by atoms with van der Waals surface area (Å²) in [6.07, 6.45) is 4.86. The second-order valence-corrected chi connectivity index (χ2v) is 5.29. The SMILES string of the molecule is CC(=O)c1cc(C(=O)NC2CCCC2CN)n(C)c1. The molecule has 3 N–H and O–H groups in total. The largest absolute Gasteiger partial charge is 0.348 e. The molecule has 1 heterocycles. The Morgan fingerprint density at radius 2 is 2.21 bits per heavy atom. The van der Waals surface area contributed by atoms with Crippen molar-refractivity contribution in [2.75, 3.05) is 6.54 Å². The van der Waals surface area contributed by atoms with E-state index in [1.807, 2.05) is 0 Å². The van der Waals surface area contributed by atoms with Crippen LogP contribution in [0.25, 0.3) is 0 Å². The summed E-state index contributed by atoms with van der Waals surface area (Å²) >= 11 is 0. The predicted molar refractivity (Wildman–Crippen MR) is 73.1 cm³/mol. The highest BCUT2D eigenvalue weighted by Gasteiger charge is 2.28. The van der Waals surface area contributed by atoms with Crippen LogP contribution in [0.3, 0.4) is 0 Å². The molecule has 1 saturated carbocycles. The molecule has 1 amide bonds. The molecular weight excluding hydrogens is 242 g/mol. The first-order valence-electron chi connectivity index (χ1n) is 6.71. The number of carbonyl (C=O) groups excluding carboxylic acids is 2. The summed E-state index contributed by atoms with van der Waals surface area (Å²) in [5.74, 6) is 0.215. The van der Waals surface area contributed by atoms with Crippen molar-refractivity contribution in [2.24, 2.45) is 18.7 Å². The minimum atomic E-state index is -0.125. The van der Waals surface area contributed by atoms with Crippen molar-refractivity contribution in [3.05, 3.63) is 23.5 Å². The Bertz CT molecular complexity index is 493. The first-order chi connectivity index (χ1) is 9.02. The number of nitrogens with zero attached hydrogens (tertiary/aromatic N) is 1. The lowest BCUT2D eigenvalue weighted by Crippen LogP contribution is -2.40. The zero-order valence-electron chi connectivity index (χ0n) is 11.5. The fourth-order valence-electron chi connectivity index (χ4n) is 2.73. The van der Waals surface area contributed by atoms with Crippen LogP contribution in [0.5, 0.6) is 0 Å². The van der Waals surface area contributed by atoms with Crippen molar-refractivity contribution in [1.82, 2.24) is 9.88 Å². The molecule has 0 spiro atoms. The third kappa shape index (κ3) is 2.87. The number of nitrogens with one attached hydrogen (secondary N) is 1. The van der Waals surface area contributed by atoms with Gasteiger partial charge in [0.2, 0.25) is 0 Å². The molecule has 2 unspecified atom stereocenters. The molecule has 2 rings (SSSR count). The maximum Gasteiger partial charge on any atom is 0.268 e. The van der Waals surface area contributed by atoms with Crippen LogP contribution in [0.1, 0.15) is 47.0 Å². The van der Waals surface area contributed by atoms with E-state index in [1.165, 1.54) is 6.92 Å². The van der Waals surface area contributed by atoms with Crippen molar-refractivity contribution in [2.45, 2.75) is 32.2 Å². The number of Topliss-reactive ketones (excluding diaryl/α,β-unsaturated/α-hetero) is 1. The van der Waals surface area contributed by atoms with E-state index in [2.05, 4.69) is 5.32 Å². The van der Waals surface area contributed by atoms with Crippen molar-refractivity contribution < 1.29 is 9.59 Å². The second kappa shape index (κ2) is 5.57. The Morgan fingerprint density at radius 3 is 2.79 bits per heavy atom. The van der Waals surface area contributed by atoms with E-state index in [-0.39, 0.29) is 17.7 Å². The lowest BCUT2D eigenvalue weighted by atomic mass is 10.0. The van der Waals surface area contributed by atoms with Gasteiger partial charge in [0.25, 0.3) is 5.91 Å². The summed E-state index contributed by atoms with van der Waals surface area (Å²) in [7, 11) is 1.77. The molecule has 0 radical (unpaired) electrons. The van der Waals surface area contributed by atoms with Gasteiger partial charge in [-0.1, -0.05) is 6.42 Å². The van der Waals surface area contributed by atoms with Crippen molar-refractivity contribution in [3.8, 4) is 0 Å². The van der Waals surface area contributed by atoms with E-state index in [0.29, 0.717) is 23.7 Å². The van der Waals surface area contributed by atoms with Crippen LogP contribution in [-0.4, -0.2) is 28.8 Å². The molecule has 5 nitrogen and oxygen atoms in total. The number of carbonyl (C=O) groups is 2. The summed E-state index contributed by atoms with van der Waals surface area (Å²) in [5, 5.41) is 3.04. The van der Waals surface area contributed by atoms with Gasteiger partial charge in [0.05, 0.1) is 0 Å². The number of hydrogen-bond donors (Lipinski definition) is 2. The number of aryl methyl sites for hydroxylation is 1. The van der Waals surface area contributed by atoms with E-state index in [9.17, 15) is 9.59 Å². The minimum Gasteiger partial charge on any atom is -0.348 e. The van der Waals surface area contributed by atoms with Crippen LogP contribution in [-0.2, 0) is 7.05 Å². The van der Waals surface area contributed by atoms with E-state index in [0.717, 1.165) is 19.3 Å². The first kappa shape index (κ1) is 13.8. The Kier molecular flexibility index (Phi) is 4.04. The Morgan fingerprint density at radius 1 is 1.47 bits per heavy atom. The van der Waals surface area contributed by atoms with Crippen LogP contribution in [0.2, 0.25) is 0 Å². The van der Waals surface area contributed by atoms with Gasteiger partial charge in [-0.2, -0.15) is 0 Å². The number of ketones is 1. The van der Waals surface area contributed by atoms with E-state index >= 15 is 0 Å². The molecule has 5 heteroatoms. The molecule has 2 atom stereocenters. The van der Waals surface area contributed by atoms with Gasteiger partial charge in [-0.15, -0.1) is 0 Å². The van der Waals surface area contributed by atoms with Crippen molar-refractivity contribution >= 4 is 11.7 Å². The minimum absolute atomic E-state index is 0.0321. The van der Waals surface area contributed by atoms with E-state index in [1.54, 1.807) is 23.9 Å². The van der Waals surface area contributed by atoms with Gasteiger partial charge in [-0.05, 0) is 38.3 Å². The first-order valence-corrected chi connectivity index (χ1v) is 6.71. The Balaban J connectivity index is 2.09. The third-order valence-corrected chi connectivity index (χ3v) is 3.92. The lowest BCUT2D eigenvalue weighted by Gasteiger charge is -2.19. The van der Waals surface area contributed by atoms with Crippen LogP contribution < -0.4 is 11.1 Å². The zero-order valence-corrected chi connectivity index (χ0v) is 11.5. The molecule has 1 aliphatic rings. The summed E-state index contributed by atoms with van der Waals surface area (Å²) in [6, 6.07) is 1.80. The summed E-state index contributed by atoms with van der Waals surface area (Å²) < 4.78 is 1.69. The standard InChI is InChI=1S/C14H21N3O2/c1-9(18)11-6-13(17(2)8-11)14(19)16-12-5-3-4-10(12)7-15/h6,8,10,12H,3-5,7,15H2,1-2H3,(H,16,19). The Labute approximate surface area is 113 Å². The molecule has 1 aromatic heterocycles. The number of hydrogen-bond acceptors (Lipinski definition) is 3. The fourth-order valence-corrected chi connectivity index (χ4v) is 2.73. The lowest BCUT2D eigenvalue weighted by molar-refractivity contribution is 0.0920. The van der Waals surface area contributed by atoms with Crippen molar-refractivity contribution in [3.63, 3.8) is 0 Å². The number of nitrogens with two attached hydrogens (primary N) is 1. The van der Waals surface area contributed by atoms with Crippen LogP contribution in [0.15, 0.2) is 12.3 Å². The molecule has 0 aliphatic heterocycles. The molecule has 104 valence electrons.